The molecule has 3 fully saturated rings. The van der Waals surface area contributed by atoms with Crippen LogP contribution in [0.5, 0.6) is 11.5 Å². The minimum atomic E-state index is -0.783. The fourth-order valence-electron chi connectivity index (χ4n) is 12.3. The Morgan fingerprint density at radius 2 is 1.39 bits per heavy atom. The second-order valence-corrected chi connectivity index (χ2v) is 21.5. The number of aromatic nitrogens is 5. The molecule has 76 heavy (non-hydrogen) atoms. The number of likely N-dealkylation sites (tertiary alicyclic amines) is 2. The summed E-state index contributed by atoms with van der Waals surface area (Å²) >= 11 is 0. The molecule has 8 heterocycles. The van der Waals surface area contributed by atoms with Crippen molar-refractivity contribution in [2.24, 2.45) is 11.8 Å². The summed E-state index contributed by atoms with van der Waals surface area (Å²) < 4.78 is 48.2. The van der Waals surface area contributed by atoms with Crippen LogP contribution in [0.2, 0.25) is 0 Å². The van der Waals surface area contributed by atoms with Gasteiger partial charge in [-0.25, -0.2) is 23.9 Å². The molecule has 4 amide bonds. The van der Waals surface area contributed by atoms with Crippen LogP contribution in [0.4, 0.5) is 14.0 Å². The van der Waals surface area contributed by atoms with Crippen LogP contribution in [-0.4, -0.2) is 116 Å². The van der Waals surface area contributed by atoms with Crippen molar-refractivity contribution in [2.75, 3.05) is 27.3 Å². The van der Waals surface area contributed by atoms with E-state index in [0.717, 1.165) is 64.7 Å². The van der Waals surface area contributed by atoms with E-state index in [-0.39, 0.29) is 54.0 Å². The SMILES string of the molecule is COC(=O)NC(C(=O)N1CCC[C@H]1c1ncc(-c2ccc3c(c2)cc2n3C(c3ccc4c(c3)OC(C)CC4)Oc3cc(-c4cnc([C@@H]5CCCN5C(=O)[C@@H](NC(=O)OC)C(C)C)[nH]4)cc(F)c3-2)[nH]1)C1C[C@@H](C)O[C@@H](C)C1. The van der Waals surface area contributed by atoms with E-state index in [1.807, 2.05) is 67.5 Å². The lowest BCUT2D eigenvalue weighted by Crippen LogP contribution is -2.54. The third kappa shape index (κ3) is 9.51. The van der Waals surface area contributed by atoms with Gasteiger partial charge < -0.3 is 58.7 Å². The van der Waals surface area contributed by atoms with Gasteiger partial charge in [-0.1, -0.05) is 32.0 Å². The molecule has 0 saturated carbocycles. The van der Waals surface area contributed by atoms with Crippen molar-refractivity contribution in [3.05, 3.63) is 95.6 Å². The number of halogens is 1. The molecule has 5 aliphatic heterocycles. The Balaban J connectivity index is 0.913. The number of H-pyrrole nitrogens is 2. The van der Waals surface area contributed by atoms with E-state index < -0.39 is 36.3 Å². The van der Waals surface area contributed by atoms with Crippen LogP contribution in [0.1, 0.15) is 121 Å². The number of carbonyl (C=O) groups is 4. The Hall–Kier alpha value is -7.41. The number of hydrogen-bond donors (Lipinski definition) is 4. The van der Waals surface area contributed by atoms with Crippen LogP contribution in [-0.2, 0) is 30.2 Å². The van der Waals surface area contributed by atoms with Gasteiger partial charge in [-0.05, 0) is 126 Å². The van der Waals surface area contributed by atoms with Crippen molar-refractivity contribution < 1.29 is 47.3 Å². The van der Waals surface area contributed by atoms with Gasteiger partial charge in [-0.3, -0.25) is 9.59 Å². The minimum absolute atomic E-state index is 0.0568. The molecule has 11 rings (SSSR count). The van der Waals surface area contributed by atoms with Gasteiger partial charge in [0, 0.05) is 35.2 Å². The first-order valence-electron chi connectivity index (χ1n) is 26.7. The monoisotopic (exact) mass is 1040 g/mol. The Bertz CT molecular complexity index is 3190. The molecule has 400 valence electrons. The first-order chi connectivity index (χ1) is 36.7. The Morgan fingerprint density at radius 3 is 2.07 bits per heavy atom. The highest BCUT2D eigenvalue weighted by Crippen LogP contribution is 2.48. The molecule has 3 aromatic carbocycles. The molecule has 18 nitrogen and oxygen atoms in total. The number of ether oxygens (including phenoxy) is 5. The fourth-order valence-corrected chi connectivity index (χ4v) is 12.3. The minimum Gasteiger partial charge on any atom is -0.490 e. The zero-order valence-electron chi connectivity index (χ0n) is 44.0. The van der Waals surface area contributed by atoms with Crippen molar-refractivity contribution in [2.45, 2.75) is 135 Å². The van der Waals surface area contributed by atoms with Crippen LogP contribution >= 0.6 is 0 Å². The van der Waals surface area contributed by atoms with Crippen molar-refractivity contribution in [1.82, 2.24) is 44.9 Å². The number of fused-ring (bicyclic) bond motifs is 6. The van der Waals surface area contributed by atoms with Crippen molar-refractivity contribution in [3.8, 4) is 45.3 Å². The van der Waals surface area contributed by atoms with Crippen LogP contribution < -0.4 is 20.1 Å². The van der Waals surface area contributed by atoms with Gasteiger partial charge in [0.1, 0.15) is 41.0 Å². The molecule has 0 spiro atoms. The van der Waals surface area contributed by atoms with E-state index in [4.69, 9.17) is 33.7 Å². The number of methoxy groups -OCH3 is 2. The molecule has 0 aliphatic carbocycles. The predicted octanol–water partition coefficient (Wildman–Crippen LogP) is 9.52. The average Bonchev–Trinajstić information content (AvgIpc) is 4.30. The lowest BCUT2D eigenvalue weighted by molar-refractivity contribution is -0.138. The highest BCUT2D eigenvalue weighted by molar-refractivity contribution is 5.93. The maximum atomic E-state index is 17.1. The molecule has 4 N–H and O–H groups in total. The van der Waals surface area contributed by atoms with Gasteiger partial charge in [0.2, 0.25) is 18.0 Å². The Morgan fingerprint density at radius 1 is 0.737 bits per heavy atom. The largest absolute Gasteiger partial charge is 0.490 e. The third-order valence-corrected chi connectivity index (χ3v) is 16.0. The zero-order valence-corrected chi connectivity index (χ0v) is 44.0. The third-order valence-electron chi connectivity index (χ3n) is 16.0. The first kappa shape index (κ1) is 50.7. The second-order valence-electron chi connectivity index (χ2n) is 21.5. The standard InChI is InChI=1S/C57H66FN9O9/c1-29(2)49(63-56(70)72-6)53(68)65-18-8-10-43(65)52-60-28-41(62-52)36-23-39(58)48-45-24-37-22-34(16-17-42(37)67(45)55(76-47(48)26-36)35-15-14-33-13-12-30(3)75-46(33)25-35)40-27-59-51(61-40)44-11-9-19-66(44)54(69)50(64-57(71)73-7)38-20-31(4)74-32(5)21-38/h14-17,22-32,38,43-44,49-50,55H,8-13,18-21H2,1-7H3,(H,59,61)(H,60,62)(H,63,70)(H,64,71)/t30?,31-,32+,38?,43-,44-,49-,50?,55?/m0/s1. The van der Waals surface area contributed by atoms with Crippen molar-refractivity contribution in [3.63, 3.8) is 0 Å². The molecule has 9 atom stereocenters. The maximum absolute atomic E-state index is 17.1. The molecule has 3 aromatic heterocycles. The Labute approximate surface area is 440 Å². The number of aryl methyl sites for hydroxylation is 1. The number of alkyl carbamates (subject to hydrolysis) is 2. The van der Waals surface area contributed by atoms with Crippen molar-refractivity contribution >= 4 is 34.9 Å². The highest BCUT2D eigenvalue weighted by atomic mass is 19.1. The molecule has 19 heteroatoms. The van der Waals surface area contributed by atoms with Gasteiger partial charge >= 0.3 is 12.2 Å². The van der Waals surface area contributed by atoms with E-state index >= 15 is 4.39 Å². The number of imidazole rings is 2. The fraction of sp³-hybridized carbons (Fsp3) is 0.474. The second kappa shape index (κ2) is 20.6. The summed E-state index contributed by atoms with van der Waals surface area (Å²) in [6.07, 6.45) is 7.32. The molecular weight excluding hydrogens is 974 g/mol. The summed E-state index contributed by atoms with van der Waals surface area (Å²) in [5, 5.41) is 6.41. The molecule has 0 radical (unpaired) electrons. The summed E-state index contributed by atoms with van der Waals surface area (Å²) in [5.74, 6) is 1.18. The lowest BCUT2D eigenvalue weighted by atomic mass is 9.85. The van der Waals surface area contributed by atoms with E-state index in [9.17, 15) is 19.2 Å². The number of amides is 4. The number of benzene rings is 3. The topological polar surface area (TPSA) is 207 Å². The molecule has 3 saturated heterocycles. The van der Waals surface area contributed by atoms with Crippen LogP contribution in [0.25, 0.3) is 44.7 Å². The number of hydrogen-bond acceptors (Lipinski definition) is 11. The summed E-state index contributed by atoms with van der Waals surface area (Å²) in [6, 6.07) is 15.3. The summed E-state index contributed by atoms with van der Waals surface area (Å²) in [6.45, 7) is 10.8. The zero-order chi connectivity index (χ0) is 53.1. The molecule has 0 bridgehead atoms. The molecule has 6 aromatic rings. The van der Waals surface area contributed by atoms with Crippen LogP contribution in [0.15, 0.2) is 67.0 Å². The first-order valence-corrected chi connectivity index (χ1v) is 26.7. The number of aromatic amines is 2. The van der Waals surface area contributed by atoms with E-state index in [1.165, 1.54) is 20.3 Å². The normalized spacial score (nSPS) is 23.7. The van der Waals surface area contributed by atoms with Crippen LogP contribution in [0.3, 0.4) is 0 Å². The van der Waals surface area contributed by atoms with E-state index in [2.05, 4.69) is 45.7 Å². The molecular formula is C57H66FN9O9. The van der Waals surface area contributed by atoms with E-state index in [0.29, 0.717) is 78.7 Å². The predicted molar refractivity (Wildman–Crippen MR) is 280 cm³/mol. The summed E-state index contributed by atoms with van der Waals surface area (Å²) in [4.78, 5) is 73.3. The van der Waals surface area contributed by atoms with Gasteiger partial charge in [-0.2, -0.15) is 0 Å². The lowest BCUT2D eigenvalue weighted by Gasteiger charge is -2.38. The van der Waals surface area contributed by atoms with Gasteiger partial charge in [-0.15, -0.1) is 0 Å². The smallest absolute Gasteiger partial charge is 0.407 e. The summed E-state index contributed by atoms with van der Waals surface area (Å²) in [7, 11) is 2.57. The number of rotatable bonds is 11. The average molecular weight is 1040 g/mol. The maximum Gasteiger partial charge on any atom is 0.407 e. The quantitative estimate of drug-likeness (QED) is 0.0961. The van der Waals surface area contributed by atoms with Crippen molar-refractivity contribution in [1.29, 1.82) is 0 Å². The number of nitrogens with zero attached hydrogens (tertiary/aromatic N) is 5. The van der Waals surface area contributed by atoms with Crippen LogP contribution in [0, 0.1) is 17.7 Å². The van der Waals surface area contributed by atoms with E-state index in [1.54, 1.807) is 17.3 Å². The molecule has 4 unspecified atom stereocenters. The molecule has 5 aliphatic rings. The Kier molecular flexibility index (Phi) is 13.8. The number of nitrogens with one attached hydrogen (secondary N) is 4. The van der Waals surface area contributed by atoms with Gasteiger partial charge in [0.15, 0.2) is 0 Å². The highest BCUT2D eigenvalue weighted by Gasteiger charge is 2.43. The van der Waals surface area contributed by atoms with Gasteiger partial charge in [0.25, 0.3) is 0 Å². The number of carbonyl (C=O) groups excluding carboxylic acids is 4. The summed E-state index contributed by atoms with van der Waals surface area (Å²) in [5.41, 5.74) is 6.41. The van der Waals surface area contributed by atoms with Gasteiger partial charge in [0.05, 0.1) is 85.2 Å².